The van der Waals surface area contributed by atoms with Crippen molar-refractivity contribution in [2.45, 2.75) is 84.7 Å². The van der Waals surface area contributed by atoms with Crippen LogP contribution in [0.5, 0.6) is 0 Å². The lowest BCUT2D eigenvalue weighted by Crippen LogP contribution is -2.35. The summed E-state index contributed by atoms with van der Waals surface area (Å²) in [6.07, 6.45) is 13.2. The van der Waals surface area contributed by atoms with Gasteiger partial charge in [-0.2, -0.15) is 0 Å². The molecule has 1 saturated carbocycles. The maximum atomic E-state index is 5.75. The molecule has 2 aliphatic rings. The molecule has 0 aromatic carbocycles. The first kappa shape index (κ1) is 18.3. The van der Waals surface area contributed by atoms with Crippen molar-refractivity contribution in [2.24, 2.45) is 17.8 Å². The standard InChI is InChI=1S/C20H39NO/c1-4-22-20-10-8-18(9-11-20)7-5-6-14-21-15-12-19(13-16-21)17(2)3/h17-20H,4-16H2,1-3H3. The molecule has 22 heavy (non-hydrogen) atoms. The lowest BCUT2D eigenvalue weighted by Gasteiger charge is -2.34. The number of rotatable bonds is 8. The summed E-state index contributed by atoms with van der Waals surface area (Å²) in [6.45, 7) is 11.8. The van der Waals surface area contributed by atoms with Crippen LogP contribution in [0.4, 0.5) is 0 Å². The zero-order valence-corrected chi connectivity index (χ0v) is 15.4. The molecule has 1 saturated heterocycles. The molecule has 0 aromatic rings. The van der Waals surface area contributed by atoms with E-state index in [-0.39, 0.29) is 0 Å². The van der Waals surface area contributed by atoms with Gasteiger partial charge in [0.05, 0.1) is 6.10 Å². The van der Waals surface area contributed by atoms with Crippen molar-refractivity contribution < 1.29 is 4.74 Å². The van der Waals surface area contributed by atoms with E-state index < -0.39 is 0 Å². The van der Waals surface area contributed by atoms with Gasteiger partial charge in [0.1, 0.15) is 0 Å². The quantitative estimate of drug-likeness (QED) is 0.577. The van der Waals surface area contributed by atoms with Crippen LogP contribution in [-0.2, 0) is 4.74 Å². The van der Waals surface area contributed by atoms with Gasteiger partial charge in [-0.15, -0.1) is 0 Å². The van der Waals surface area contributed by atoms with E-state index in [9.17, 15) is 0 Å². The van der Waals surface area contributed by atoms with Crippen LogP contribution in [0.1, 0.15) is 78.6 Å². The van der Waals surface area contributed by atoms with Crippen molar-refractivity contribution >= 4 is 0 Å². The molecule has 2 rings (SSSR count). The van der Waals surface area contributed by atoms with Crippen molar-refractivity contribution in [3.05, 3.63) is 0 Å². The normalized spacial score (nSPS) is 28.4. The predicted molar refractivity (Wildman–Crippen MR) is 95.2 cm³/mol. The smallest absolute Gasteiger partial charge is 0.0575 e. The second-order valence-electron chi connectivity index (χ2n) is 8.02. The molecule has 0 radical (unpaired) electrons. The molecule has 1 aliphatic heterocycles. The highest BCUT2D eigenvalue weighted by Crippen LogP contribution is 2.30. The van der Waals surface area contributed by atoms with E-state index in [0.717, 1.165) is 24.4 Å². The topological polar surface area (TPSA) is 12.5 Å². The fourth-order valence-electron chi connectivity index (χ4n) is 4.43. The summed E-state index contributed by atoms with van der Waals surface area (Å²) >= 11 is 0. The molecular weight excluding hydrogens is 270 g/mol. The monoisotopic (exact) mass is 309 g/mol. The third-order valence-corrected chi connectivity index (χ3v) is 6.11. The number of hydrogen-bond acceptors (Lipinski definition) is 2. The zero-order valence-electron chi connectivity index (χ0n) is 15.4. The molecule has 1 aliphatic carbocycles. The van der Waals surface area contributed by atoms with Crippen LogP contribution in [0, 0.1) is 17.8 Å². The minimum Gasteiger partial charge on any atom is -0.379 e. The lowest BCUT2D eigenvalue weighted by molar-refractivity contribution is 0.0244. The Balaban J connectivity index is 1.48. The van der Waals surface area contributed by atoms with Crippen molar-refractivity contribution in [2.75, 3.05) is 26.2 Å². The molecule has 0 bridgehead atoms. The van der Waals surface area contributed by atoms with Gasteiger partial charge in [0.15, 0.2) is 0 Å². The Morgan fingerprint density at radius 2 is 1.64 bits per heavy atom. The van der Waals surface area contributed by atoms with Crippen LogP contribution in [-0.4, -0.2) is 37.2 Å². The van der Waals surface area contributed by atoms with Gasteiger partial charge in [0.2, 0.25) is 0 Å². The number of hydrogen-bond donors (Lipinski definition) is 0. The van der Waals surface area contributed by atoms with Gasteiger partial charge in [0, 0.05) is 6.61 Å². The van der Waals surface area contributed by atoms with E-state index in [4.69, 9.17) is 4.74 Å². The Hall–Kier alpha value is -0.0800. The Labute approximate surface area is 139 Å². The van der Waals surface area contributed by atoms with E-state index in [1.165, 1.54) is 77.4 Å². The Morgan fingerprint density at radius 3 is 2.23 bits per heavy atom. The number of unbranched alkanes of at least 4 members (excludes halogenated alkanes) is 1. The van der Waals surface area contributed by atoms with Crippen molar-refractivity contribution in [1.29, 1.82) is 0 Å². The van der Waals surface area contributed by atoms with E-state index in [1.54, 1.807) is 0 Å². The second kappa shape index (κ2) is 9.93. The van der Waals surface area contributed by atoms with Crippen LogP contribution in [0.15, 0.2) is 0 Å². The van der Waals surface area contributed by atoms with Gasteiger partial charge in [-0.1, -0.05) is 26.7 Å². The maximum absolute atomic E-state index is 5.75. The largest absolute Gasteiger partial charge is 0.379 e. The van der Waals surface area contributed by atoms with Crippen LogP contribution < -0.4 is 0 Å². The van der Waals surface area contributed by atoms with E-state index >= 15 is 0 Å². The van der Waals surface area contributed by atoms with Gasteiger partial charge in [0.25, 0.3) is 0 Å². The average Bonchev–Trinajstić information content (AvgIpc) is 2.54. The van der Waals surface area contributed by atoms with E-state index in [1.807, 2.05) is 0 Å². The minimum atomic E-state index is 0.573. The van der Waals surface area contributed by atoms with Crippen molar-refractivity contribution in [3.63, 3.8) is 0 Å². The summed E-state index contributed by atoms with van der Waals surface area (Å²) in [5.74, 6) is 2.86. The Morgan fingerprint density at radius 1 is 0.955 bits per heavy atom. The second-order valence-corrected chi connectivity index (χ2v) is 8.02. The molecule has 1 heterocycles. The SMILES string of the molecule is CCOC1CCC(CCCCN2CCC(C(C)C)CC2)CC1. The summed E-state index contributed by atoms with van der Waals surface area (Å²) < 4.78 is 5.75. The molecule has 0 aromatic heterocycles. The molecule has 2 heteroatoms. The third kappa shape index (κ3) is 6.20. The first-order valence-electron chi connectivity index (χ1n) is 10.0. The van der Waals surface area contributed by atoms with Gasteiger partial charge < -0.3 is 9.64 Å². The molecule has 130 valence electrons. The van der Waals surface area contributed by atoms with Crippen LogP contribution >= 0.6 is 0 Å². The summed E-state index contributed by atoms with van der Waals surface area (Å²) in [6, 6.07) is 0. The fourth-order valence-corrected chi connectivity index (χ4v) is 4.43. The summed E-state index contributed by atoms with van der Waals surface area (Å²) in [7, 11) is 0. The summed E-state index contributed by atoms with van der Waals surface area (Å²) in [4.78, 5) is 2.71. The molecule has 2 nitrogen and oxygen atoms in total. The molecule has 0 unspecified atom stereocenters. The first-order chi connectivity index (χ1) is 10.7. The number of piperidine rings is 1. The molecule has 0 amide bonds. The van der Waals surface area contributed by atoms with Crippen LogP contribution in [0.3, 0.4) is 0 Å². The van der Waals surface area contributed by atoms with Crippen molar-refractivity contribution in [3.8, 4) is 0 Å². The average molecular weight is 310 g/mol. The molecule has 0 spiro atoms. The van der Waals surface area contributed by atoms with E-state index in [0.29, 0.717) is 6.10 Å². The highest BCUT2D eigenvalue weighted by atomic mass is 16.5. The highest BCUT2D eigenvalue weighted by molar-refractivity contribution is 4.75. The minimum absolute atomic E-state index is 0.573. The Kier molecular flexibility index (Phi) is 8.24. The highest BCUT2D eigenvalue weighted by Gasteiger charge is 2.22. The third-order valence-electron chi connectivity index (χ3n) is 6.11. The molecular formula is C20H39NO. The summed E-state index contributed by atoms with van der Waals surface area (Å²) in [5, 5.41) is 0. The van der Waals surface area contributed by atoms with Gasteiger partial charge in [-0.25, -0.2) is 0 Å². The molecule has 0 atom stereocenters. The van der Waals surface area contributed by atoms with Crippen LogP contribution in [0.25, 0.3) is 0 Å². The number of nitrogens with zero attached hydrogens (tertiary/aromatic N) is 1. The predicted octanol–water partition coefficient (Wildman–Crippen LogP) is 5.12. The number of ether oxygens (including phenoxy) is 1. The van der Waals surface area contributed by atoms with Gasteiger partial charge >= 0.3 is 0 Å². The summed E-state index contributed by atoms with van der Waals surface area (Å²) in [5.41, 5.74) is 0. The van der Waals surface area contributed by atoms with Crippen molar-refractivity contribution in [1.82, 2.24) is 4.90 Å². The first-order valence-corrected chi connectivity index (χ1v) is 10.0. The Bertz CT molecular complexity index is 275. The zero-order chi connectivity index (χ0) is 15.8. The lowest BCUT2D eigenvalue weighted by atomic mass is 9.84. The number of likely N-dealkylation sites (tertiary alicyclic amines) is 1. The van der Waals surface area contributed by atoms with Crippen LogP contribution in [0.2, 0.25) is 0 Å². The van der Waals surface area contributed by atoms with E-state index in [2.05, 4.69) is 25.7 Å². The van der Waals surface area contributed by atoms with Gasteiger partial charge in [-0.05, 0) is 89.3 Å². The maximum Gasteiger partial charge on any atom is 0.0575 e. The molecule has 2 fully saturated rings. The van der Waals surface area contributed by atoms with Gasteiger partial charge in [-0.3, -0.25) is 0 Å². The molecule has 0 N–H and O–H groups in total. The fraction of sp³-hybridized carbons (Fsp3) is 1.00.